The zero-order valence-corrected chi connectivity index (χ0v) is 6.80. The molecule has 0 spiro atoms. The van der Waals surface area contributed by atoms with Crippen molar-refractivity contribution in [1.29, 1.82) is 0 Å². The molecule has 1 heterocycles. The van der Waals surface area contributed by atoms with Gasteiger partial charge < -0.3 is 11.5 Å². The van der Waals surface area contributed by atoms with Crippen LogP contribution in [0.15, 0.2) is 24.3 Å². The van der Waals surface area contributed by atoms with Gasteiger partial charge in [0.25, 0.3) is 0 Å². The van der Waals surface area contributed by atoms with E-state index in [0.29, 0.717) is 6.04 Å². The monoisotopic (exact) mass is 150 g/mol. The number of benzene rings is 1. The van der Waals surface area contributed by atoms with Gasteiger partial charge in [0.2, 0.25) is 0 Å². The average molecular weight is 150 g/mol. The molecule has 0 radical (unpaired) electrons. The fourth-order valence-corrected chi connectivity index (χ4v) is 1.49. The molecule has 60 valence electrons. The molecule has 4 N–H and O–H groups in total. The van der Waals surface area contributed by atoms with Gasteiger partial charge in [-0.1, -0.05) is 18.2 Å². The molecule has 0 fully saturated rings. The van der Waals surface area contributed by atoms with Crippen molar-refractivity contribution in [2.24, 2.45) is 0 Å². The van der Waals surface area contributed by atoms with Gasteiger partial charge in [-0.2, -0.15) is 0 Å². The van der Waals surface area contributed by atoms with Crippen LogP contribution in [-0.2, 0) is 6.42 Å². The van der Waals surface area contributed by atoms with Gasteiger partial charge in [-0.25, -0.2) is 0 Å². The van der Waals surface area contributed by atoms with E-state index in [1.54, 1.807) is 0 Å². The maximum atomic E-state index is 3.40. The number of rotatable bonds is 0. The predicted molar refractivity (Wildman–Crippen MR) is 48.3 cm³/mol. The van der Waals surface area contributed by atoms with Gasteiger partial charge in [-0.3, -0.25) is 0 Å². The zero-order chi connectivity index (χ0) is 6.97. The third-order valence-electron chi connectivity index (χ3n) is 1.95. The molecule has 0 bridgehead atoms. The first-order chi connectivity index (χ1) is 4.86. The molecule has 1 unspecified atom stereocenters. The zero-order valence-electron chi connectivity index (χ0n) is 6.80. The molecule has 2 rings (SSSR count). The van der Waals surface area contributed by atoms with Crippen LogP contribution in [0.1, 0.15) is 12.5 Å². The molecule has 2 nitrogen and oxygen atoms in total. The Morgan fingerprint density at radius 3 is 2.82 bits per heavy atom. The molecular formula is C9H14N2. The Morgan fingerprint density at radius 2 is 2.09 bits per heavy atom. The van der Waals surface area contributed by atoms with Gasteiger partial charge >= 0.3 is 0 Å². The van der Waals surface area contributed by atoms with E-state index in [4.69, 9.17) is 0 Å². The molecule has 1 aliphatic heterocycles. The minimum atomic E-state index is 0. The lowest BCUT2D eigenvalue weighted by atomic mass is 10.1. The van der Waals surface area contributed by atoms with Gasteiger partial charge in [0.15, 0.2) is 0 Å². The number of hydrogen-bond acceptors (Lipinski definition) is 2. The second-order valence-corrected chi connectivity index (χ2v) is 2.91. The first-order valence-corrected chi connectivity index (χ1v) is 3.71. The number of para-hydroxylation sites is 1. The van der Waals surface area contributed by atoms with E-state index in [0.717, 1.165) is 0 Å². The highest BCUT2D eigenvalue weighted by atomic mass is 14.9. The third-order valence-corrected chi connectivity index (χ3v) is 1.95. The molecule has 0 aliphatic carbocycles. The average Bonchev–Trinajstić information content (AvgIpc) is 2.27. The van der Waals surface area contributed by atoms with Crippen molar-refractivity contribution in [2.75, 3.05) is 5.32 Å². The van der Waals surface area contributed by atoms with Crippen molar-refractivity contribution in [1.82, 2.24) is 6.15 Å². The van der Waals surface area contributed by atoms with E-state index in [1.165, 1.54) is 17.7 Å². The van der Waals surface area contributed by atoms with Crippen LogP contribution < -0.4 is 11.5 Å². The number of hydrogen-bond donors (Lipinski definition) is 2. The summed E-state index contributed by atoms with van der Waals surface area (Å²) in [7, 11) is 0. The number of nitrogens with one attached hydrogen (secondary N) is 1. The molecule has 1 atom stereocenters. The van der Waals surface area contributed by atoms with E-state index in [2.05, 4.69) is 36.5 Å². The summed E-state index contributed by atoms with van der Waals surface area (Å²) in [5.41, 5.74) is 2.77. The van der Waals surface area contributed by atoms with E-state index >= 15 is 0 Å². The maximum Gasteiger partial charge on any atom is 0.0375 e. The van der Waals surface area contributed by atoms with Crippen molar-refractivity contribution in [2.45, 2.75) is 19.4 Å². The van der Waals surface area contributed by atoms with Gasteiger partial charge in [0.1, 0.15) is 0 Å². The largest absolute Gasteiger partial charge is 0.382 e. The SMILES string of the molecule is CC1Cc2ccccc2N1.N. The van der Waals surface area contributed by atoms with Crippen molar-refractivity contribution >= 4 is 5.69 Å². The van der Waals surface area contributed by atoms with Crippen LogP contribution in [0.3, 0.4) is 0 Å². The Balaban J connectivity index is 0.000000605. The molecule has 1 aromatic rings. The second-order valence-electron chi connectivity index (χ2n) is 2.91. The molecule has 0 amide bonds. The Morgan fingerprint density at radius 1 is 1.36 bits per heavy atom. The van der Waals surface area contributed by atoms with Crippen LogP contribution in [0.25, 0.3) is 0 Å². The van der Waals surface area contributed by atoms with Gasteiger partial charge in [0, 0.05) is 11.7 Å². The molecule has 0 aromatic heterocycles. The summed E-state index contributed by atoms with van der Waals surface area (Å²) in [4.78, 5) is 0. The smallest absolute Gasteiger partial charge is 0.0375 e. The van der Waals surface area contributed by atoms with E-state index in [-0.39, 0.29) is 6.15 Å². The van der Waals surface area contributed by atoms with Crippen molar-refractivity contribution < 1.29 is 0 Å². The van der Waals surface area contributed by atoms with Gasteiger partial charge in [-0.05, 0) is 25.0 Å². The van der Waals surface area contributed by atoms with E-state index in [9.17, 15) is 0 Å². The fourth-order valence-electron chi connectivity index (χ4n) is 1.49. The quantitative estimate of drug-likeness (QED) is 0.595. The number of fused-ring (bicyclic) bond motifs is 1. The van der Waals surface area contributed by atoms with E-state index < -0.39 is 0 Å². The minimum absolute atomic E-state index is 0. The van der Waals surface area contributed by atoms with Crippen LogP contribution in [0.5, 0.6) is 0 Å². The minimum Gasteiger partial charge on any atom is -0.382 e. The lowest BCUT2D eigenvalue weighted by Gasteiger charge is -2.00. The van der Waals surface area contributed by atoms with Crippen LogP contribution in [0, 0.1) is 0 Å². The first-order valence-electron chi connectivity index (χ1n) is 3.71. The summed E-state index contributed by atoms with van der Waals surface area (Å²) in [5.74, 6) is 0. The predicted octanol–water partition coefficient (Wildman–Crippen LogP) is 2.21. The maximum absolute atomic E-state index is 3.40. The Hall–Kier alpha value is -1.02. The van der Waals surface area contributed by atoms with Crippen LogP contribution in [0.2, 0.25) is 0 Å². The van der Waals surface area contributed by atoms with Crippen LogP contribution in [0.4, 0.5) is 5.69 Å². The van der Waals surface area contributed by atoms with Crippen molar-refractivity contribution in [3.63, 3.8) is 0 Å². The molecule has 0 saturated carbocycles. The highest BCUT2D eigenvalue weighted by Gasteiger charge is 2.14. The molecular weight excluding hydrogens is 136 g/mol. The second kappa shape index (κ2) is 2.93. The standard InChI is InChI=1S/C9H11N.H3N/c1-7-6-8-4-2-3-5-9(8)10-7;/h2-5,7,10H,6H2,1H3;1H3. The summed E-state index contributed by atoms with van der Waals surface area (Å²) in [5, 5.41) is 3.40. The molecule has 2 heteroatoms. The summed E-state index contributed by atoms with van der Waals surface area (Å²) in [6.07, 6.45) is 1.18. The summed E-state index contributed by atoms with van der Waals surface area (Å²) in [6.45, 7) is 2.21. The van der Waals surface area contributed by atoms with Gasteiger partial charge in [0.05, 0.1) is 0 Å². The van der Waals surface area contributed by atoms with Crippen LogP contribution in [-0.4, -0.2) is 6.04 Å². The summed E-state index contributed by atoms with van der Waals surface area (Å²) < 4.78 is 0. The van der Waals surface area contributed by atoms with Crippen LogP contribution >= 0.6 is 0 Å². The summed E-state index contributed by atoms with van der Waals surface area (Å²) in [6, 6.07) is 9.12. The normalized spacial score (nSPS) is 19.9. The Bertz CT molecular complexity index is 220. The number of anilines is 1. The Labute approximate surface area is 67.2 Å². The fraction of sp³-hybridized carbons (Fsp3) is 0.333. The first kappa shape index (κ1) is 8.08. The topological polar surface area (TPSA) is 47.0 Å². The lowest BCUT2D eigenvalue weighted by molar-refractivity contribution is 0.839. The highest BCUT2D eigenvalue weighted by molar-refractivity contribution is 5.56. The van der Waals surface area contributed by atoms with Crippen molar-refractivity contribution in [3.05, 3.63) is 29.8 Å². The molecule has 1 aromatic carbocycles. The molecule has 11 heavy (non-hydrogen) atoms. The molecule has 0 saturated heterocycles. The van der Waals surface area contributed by atoms with Crippen molar-refractivity contribution in [3.8, 4) is 0 Å². The third kappa shape index (κ3) is 1.35. The Kier molecular flexibility index (Phi) is 2.15. The highest BCUT2D eigenvalue weighted by Crippen LogP contribution is 2.24. The van der Waals surface area contributed by atoms with Gasteiger partial charge in [-0.15, -0.1) is 0 Å². The summed E-state index contributed by atoms with van der Waals surface area (Å²) >= 11 is 0. The van der Waals surface area contributed by atoms with E-state index in [1.807, 2.05) is 0 Å². The lowest BCUT2D eigenvalue weighted by Crippen LogP contribution is -2.08. The molecule has 1 aliphatic rings.